The molecule has 0 N–H and O–H groups in total. The van der Waals surface area contributed by atoms with Crippen molar-refractivity contribution in [3.8, 4) is 0 Å². The van der Waals surface area contributed by atoms with E-state index in [0.717, 1.165) is 30.9 Å². The molecule has 1 amide bonds. The number of nitrogens with zero attached hydrogens (tertiary/aromatic N) is 4. The van der Waals surface area contributed by atoms with Gasteiger partial charge in [0.05, 0.1) is 12.4 Å². The number of rotatable bonds is 3. The Morgan fingerprint density at radius 3 is 2.54 bits per heavy atom. The zero-order chi connectivity index (χ0) is 17.9. The first-order valence-corrected chi connectivity index (χ1v) is 8.74. The molecule has 4 rings (SSSR count). The molecule has 0 saturated carbocycles. The van der Waals surface area contributed by atoms with Crippen LogP contribution in [0.5, 0.6) is 0 Å². The van der Waals surface area contributed by atoms with Crippen LogP contribution in [0.2, 0.25) is 0 Å². The van der Waals surface area contributed by atoms with Gasteiger partial charge in [-0.1, -0.05) is 36.4 Å². The van der Waals surface area contributed by atoms with Gasteiger partial charge >= 0.3 is 0 Å². The lowest BCUT2D eigenvalue weighted by Gasteiger charge is -2.30. The number of fused-ring (bicyclic) bond motifs is 1. The maximum atomic E-state index is 12.6. The Morgan fingerprint density at radius 1 is 1.00 bits per heavy atom. The molecule has 1 aliphatic rings. The topological polar surface area (TPSA) is 49.3 Å². The first-order valence-electron chi connectivity index (χ1n) is 8.74. The van der Waals surface area contributed by atoms with E-state index in [1.165, 1.54) is 11.3 Å². The SMILES string of the molecule is CN(C(=O)c1cnc(N2CCCc3ccccc32)cn1)c1ccccc1. The van der Waals surface area contributed by atoms with Gasteiger partial charge in [0, 0.05) is 25.0 Å². The zero-order valence-electron chi connectivity index (χ0n) is 14.7. The quantitative estimate of drug-likeness (QED) is 0.724. The highest BCUT2D eigenvalue weighted by molar-refractivity contribution is 6.04. The summed E-state index contributed by atoms with van der Waals surface area (Å²) in [7, 11) is 1.74. The number of hydrogen-bond donors (Lipinski definition) is 0. The van der Waals surface area contributed by atoms with E-state index in [9.17, 15) is 4.79 Å². The smallest absolute Gasteiger partial charge is 0.278 e. The summed E-state index contributed by atoms with van der Waals surface area (Å²) in [5.74, 6) is 0.602. The van der Waals surface area contributed by atoms with Gasteiger partial charge in [-0.25, -0.2) is 9.97 Å². The Balaban J connectivity index is 1.57. The lowest BCUT2D eigenvalue weighted by Crippen LogP contribution is -2.28. The third-order valence-electron chi connectivity index (χ3n) is 4.69. The molecule has 0 saturated heterocycles. The van der Waals surface area contributed by atoms with Crippen molar-refractivity contribution in [2.45, 2.75) is 12.8 Å². The second-order valence-corrected chi connectivity index (χ2v) is 6.34. The molecule has 1 aliphatic heterocycles. The number of aromatic nitrogens is 2. The summed E-state index contributed by atoms with van der Waals surface area (Å²) in [5.41, 5.74) is 3.66. The Hall–Kier alpha value is -3.21. The Bertz CT molecular complexity index is 909. The van der Waals surface area contributed by atoms with E-state index in [2.05, 4.69) is 33.1 Å². The largest absolute Gasteiger partial charge is 0.325 e. The Labute approximate surface area is 152 Å². The zero-order valence-corrected chi connectivity index (χ0v) is 14.7. The van der Waals surface area contributed by atoms with Gasteiger partial charge in [-0.05, 0) is 36.6 Å². The van der Waals surface area contributed by atoms with Gasteiger partial charge in [-0.15, -0.1) is 0 Å². The summed E-state index contributed by atoms with van der Waals surface area (Å²) < 4.78 is 0. The van der Waals surface area contributed by atoms with Gasteiger partial charge < -0.3 is 9.80 Å². The lowest BCUT2D eigenvalue weighted by molar-refractivity contribution is 0.0988. The predicted octanol–water partition coefficient (Wildman–Crippen LogP) is 3.84. The normalized spacial score (nSPS) is 13.2. The van der Waals surface area contributed by atoms with E-state index in [1.54, 1.807) is 24.3 Å². The van der Waals surface area contributed by atoms with E-state index in [-0.39, 0.29) is 5.91 Å². The second-order valence-electron chi connectivity index (χ2n) is 6.34. The number of carbonyl (C=O) groups is 1. The van der Waals surface area contributed by atoms with Crippen LogP contribution < -0.4 is 9.80 Å². The van der Waals surface area contributed by atoms with Gasteiger partial charge in [-0.2, -0.15) is 0 Å². The van der Waals surface area contributed by atoms with Crippen molar-refractivity contribution in [1.82, 2.24) is 9.97 Å². The maximum Gasteiger partial charge on any atom is 0.278 e. The van der Waals surface area contributed by atoms with Crippen LogP contribution in [-0.2, 0) is 6.42 Å². The fraction of sp³-hybridized carbons (Fsp3) is 0.190. The van der Waals surface area contributed by atoms with Crippen LogP contribution in [0.3, 0.4) is 0 Å². The van der Waals surface area contributed by atoms with Crippen LogP contribution in [0.4, 0.5) is 17.2 Å². The van der Waals surface area contributed by atoms with Gasteiger partial charge in [-0.3, -0.25) is 4.79 Å². The molecule has 0 bridgehead atoms. The Morgan fingerprint density at radius 2 is 1.77 bits per heavy atom. The van der Waals surface area contributed by atoms with Crippen molar-refractivity contribution in [1.29, 1.82) is 0 Å². The minimum absolute atomic E-state index is 0.172. The molecule has 0 aliphatic carbocycles. The van der Waals surface area contributed by atoms with E-state index < -0.39 is 0 Å². The van der Waals surface area contributed by atoms with Crippen LogP contribution in [0, 0.1) is 0 Å². The van der Waals surface area contributed by atoms with E-state index in [4.69, 9.17) is 0 Å². The number of hydrogen-bond acceptors (Lipinski definition) is 4. The molecular weight excluding hydrogens is 324 g/mol. The highest BCUT2D eigenvalue weighted by atomic mass is 16.2. The summed E-state index contributed by atoms with van der Waals surface area (Å²) in [6.45, 7) is 0.906. The third-order valence-corrected chi connectivity index (χ3v) is 4.69. The van der Waals surface area contributed by atoms with Gasteiger partial charge in [0.15, 0.2) is 5.82 Å². The van der Waals surface area contributed by atoms with Crippen molar-refractivity contribution in [2.24, 2.45) is 0 Å². The molecule has 2 aromatic carbocycles. The van der Waals surface area contributed by atoms with E-state index in [1.807, 2.05) is 36.4 Å². The first-order chi connectivity index (χ1) is 12.7. The highest BCUT2D eigenvalue weighted by Crippen LogP contribution is 2.31. The minimum atomic E-state index is -0.172. The molecule has 0 atom stereocenters. The molecule has 0 spiro atoms. The molecule has 130 valence electrons. The average molecular weight is 344 g/mol. The minimum Gasteiger partial charge on any atom is -0.325 e. The first kappa shape index (κ1) is 16.3. The van der Waals surface area contributed by atoms with Crippen molar-refractivity contribution >= 4 is 23.1 Å². The van der Waals surface area contributed by atoms with Crippen molar-refractivity contribution in [3.05, 3.63) is 78.2 Å². The molecular formula is C21H20N4O. The van der Waals surface area contributed by atoms with Crippen molar-refractivity contribution in [2.75, 3.05) is 23.4 Å². The number of carbonyl (C=O) groups excluding carboxylic acids is 1. The standard InChI is InChI=1S/C21H20N4O/c1-24(17-10-3-2-4-11-17)21(26)18-14-23-20(15-22-18)25-13-7-9-16-8-5-6-12-19(16)25/h2-6,8,10-12,14-15H,7,9,13H2,1H3. The van der Waals surface area contributed by atoms with E-state index in [0.29, 0.717) is 5.69 Å². The van der Waals surface area contributed by atoms with Gasteiger partial charge in [0.2, 0.25) is 0 Å². The molecule has 5 heteroatoms. The molecule has 5 nitrogen and oxygen atoms in total. The Kier molecular flexibility index (Phi) is 4.35. The number of benzene rings is 2. The summed E-state index contributed by atoms with van der Waals surface area (Å²) in [5, 5.41) is 0. The van der Waals surface area contributed by atoms with Crippen LogP contribution >= 0.6 is 0 Å². The van der Waals surface area contributed by atoms with Gasteiger partial charge in [0.1, 0.15) is 5.69 Å². The molecule has 26 heavy (non-hydrogen) atoms. The van der Waals surface area contributed by atoms with Crippen LogP contribution in [-0.4, -0.2) is 29.5 Å². The molecule has 0 fully saturated rings. The average Bonchev–Trinajstić information content (AvgIpc) is 2.73. The van der Waals surface area contributed by atoms with E-state index >= 15 is 0 Å². The lowest BCUT2D eigenvalue weighted by atomic mass is 10.0. The second kappa shape index (κ2) is 6.96. The molecule has 3 aromatic rings. The summed E-state index contributed by atoms with van der Waals surface area (Å²) in [4.78, 5) is 25.3. The fourth-order valence-electron chi connectivity index (χ4n) is 3.28. The van der Waals surface area contributed by atoms with Crippen LogP contribution in [0.25, 0.3) is 0 Å². The summed E-state index contributed by atoms with van der Waals surface area (Å²) >= 11 is 0. The van der Waals surface area contributed by atoms with Crippen molar-refractivity contribution in [3.63, 3.8) is 0 Å². The fourth-order valence-corrected chi connectivity index (χ4v) is 3.28. The molecule has 0 radical (unpaired) electrons. The number of anilines is 3. The predicted molar refractivity (Wildman–Crippen MR) is 103 cm³/mol. The molecule has 1 aromatic heterocycles. The van der Waals surface area contributed by atoms with Crippen LogP contribution in [0.15, 0.2) is 67.0 Å². The number of aryl methyl sites for hydroxylation is 1. The van der Waals surface area contributed by atoms with Crippen molar-refractivity contribution < 1.29 is 4.79 Å². The number of amides is 1. The molecule has 0 unspecified atom stereocenters. The maximum absolute atomic E-state index is 12.6. The van der Waals surface area contributed by atoms with Gasteiger partial charge in [0.25, 0.3) is 5.91 Å². The summed E-state index contributed by atoms with van der Waals surface area (Å²) in [6, 6.07) is 17.9. The van der Waals surface area contributed by atoms with Crippen LogP contribution in [0.1, 0.15) is 22.5 Å². The molecule has 2 heterocycles. The number of para-hydroxylation sites is 2. The monoisotopic (exact) mass is 344 g/mol. The highest BCUT2D eigenvalue weighted by Gasteiger charge is 2.20. The third kappa shape index (κ3) is 3.04. The summed E-state index contributed by atoms with van der Waals surface area (Å²) in [6.07, 6.45) is 5.41.